The van der Waals surface area contributed by atoms with Crippen LogP contribution in [0.25, 0.3) is 0 Å². The van der Waals surface area contributed by atoms with Gasteiger partial charge in [0.1, 0.15) is 0 Å². The Hall–Kier alpha value is -1.23. The van der Waals surface area contributed by atoms with Gasteiger partial charge in [0.05, 0.1) is 12.0 Å². The molecule has 1 aromatic rings. The first kappa shape index (κ1) is 14.8. The van der Waals surface area contributed by atoms with E-state index in [0.29, 0.717) is 0 Å². The average Bonchev–Trinajstić information content (AvgIpc) is 2.32. The molecule has 0 N–H and O–H groups in total. The number of benzene rings is 1. The maximum Gasteiger partial charge on any atom is 0.305 e. The molecule has 1 rings (SSSR count). The van der Waals surface area contributed by atoms with Gasteiger partial charge in [0, 0.05) is 6.42 Å². The third kappa shape index (κ3) is 3.91. The maximum absolute atomic E-state index is 13.0. The minimum Gasteiger partial charge on any atom is -0.466 e. The zero-order valence-corrected chi connectivity index (χ0v) is 10.4. The molecule has 0 spiro atoms. The van der Waals surface area contributed by atoms with Crippen molar-refractivity contribution in [2.24, 2.45) is 0 Å². The number of halogens is 4. The summed E-state index contributed by atoms with van der Waals surface area (Å²) in [6, 6.07) is 1.64. The lowest BCUT2D eigenvalue weighted by atomic mass is 10.1. The van der Waals surface area contributed by atoms with Crippen molar-refractivity contribution in [1.29, 1.82) is 0 Å². The van der Waals surface area contributed by atoms with Crippen molar-refractivity contribution in [3.8, 4) is 0 Å². The van der Waals surface area contributed by atoms with Crippen LogP contribution in [-0.2, 0) is 9.53 Å². The van der Waals surface area contributed by atoms with Crippen molar-refractivity contribution in [2.45, 2.75) is 25.1 Å². The molecule has 0 radical (unpaired) electrons. The van der Waals surface area contributed by atoms with Crippen molar-refractivity contribution >= 4 is 17.6 Å². The Morgan fingerprint density at radius 1 is 1.33 bits per heavy atom. The van der Waals surface area contributed by atoms with Crippen molar-refractivity contribution in [3.63, 3.8) is 0 Å². The SMILES string of the molecule is CCOC(=O)CCC(Cl)c1cc(F)c(F)c(F)c1. The van der Waals surface area contributed by atoms with Crippen molar-refractivity contribution in [3.05, 3.63) is 35.1 Å². The van der Waals surface area contributed by atoms with Crippen LogP contribution in [0.5, 0.6) is 0 Å². The minimum absolute atomic E-state index is 0.0304. The molecule has 0 aliphatic heterocycles. The van der Waals surface area contributed by atoms with E-state index in [4.69, 9.17) is 11.6 Å². The van der Waals surface area contributed by atoms with Gasteiger partial charge in [0.25, 0.3) is 0 Å². The number of esters is 1. The highest BCUT2D eigenvalue weighted by molar-refractivity contribution is 6.20. The molecule has 0 aliphatic rings. The van der Waals surface area contributed by atoms with Gasteiger partial charge in [-0.25, -0.2) is 13.2 Å². The van der Waals surface area contributed by atoms with Gasteiger partial charge in [-0.3, -0.25) is 4.79 Å². The topological polar surface area (TPSA) is 26.3 Å². The van der Waals surface area contributed by atoms with Crippen LogP contribution in [0.3, 0.4) is 0 Å². The van der Waals surface area contributed by atoms with Gasteiger partial charge >= 0.3 is 5.97 Å². The van der Waals surface area contributed by atoms with E-state index in [1.54, 1.807) is 6.92 Å². The predicted molar refractivity (Wildman–Crippen MR) is 60.8 cm³/mol. The molecule has 1 atom stereocenters. The van der Waals surface area contributed by atoms with Crippen LogP contribution >= 0.6 is 11.6 Å². The third-order valence-corrected chi connectivity index (χ3v) is 2.75. The minimum atomic E-state index is -1.53. The standard InChI is InChI=1S/C12H12ClF3O2/c1-2-18-11(17)4-3-8(13)7-5-9(14)12(16)10(15)6-7/h5-6,8H,2-4H2,1H3. The van der Waals surface area contributed by atoms with E-state index in [0.717, 1.165) is 12.1 Å². The van der Waals surface area contributed by atoms with Gasteiger partial charge in [-0.2, -0.15) is 0 Å². The van der Waals surface area contributed by atoms with E-state index in [1.807, 2.05) is 0 Å². The van der Waals surface area contributed by atoms with Crippen LogP contribution in [-0.4, -0.2) is 12.6 Å². The van der Waals surface area contributed by atoms with Crippen LogP contribution in [0.1, 0.15) is 30.7 Å². The van der Waals surface area contributed by atoms with Gasteiger partial charge in [-0.05, 0) is 31.0 Å². The summed E-state index contributed by atoms with van der Waals surface area (Å²) in [4.78, 5) is 11.1. The zero-order chi connectivity index (χ0) is 13.7. The summed E-state index contributed by atoms with van der Waals surface area (Å²) in [7, 11) is 0. The molecular weight excluding hydrogens is 269 g/mol. The number of alkyl halides is 1. The molecular formula is C12H12ClF3O2. The van der Waals surface area contributed by atoms with E-state index in [-0.39, 0.29) is 25.0 Å². The van der Waals surface area contributed by atoms with E-state index in [2.05, 4.69) is 4.74 Å². The number of hydrogen-bond donors (Lipinski definition) is 0. The summed E-state index contributed by atoms with van der Waals surface area (Å²) in [5, 5.41) is -0.779. The number of ether oxygens (including phenoxy) is 1. The smallest absolute Gasteiger partial charge is 0.305 e. The molecule has 0 fully saturated rings. The first-order valence-electron chi connectivity index (χ1n) is 5.39. The third-order valence-electron chi connectivity index (χ3n) is 2.28. The summed E-state index contributed by atoms with van der Waals surface area (Å²) in [6.45, 7) is 1.92. The molecule has 0 saturated carbocycles. The van der Waals surface area contributed by atoms with Gasteiger partial charge in [-0.15, -0.1) is 11.6 Å². The quantitative estimate of drug-likeness (QED) is 0.467. The molecule has 2 nitrogen and oxygen atoms in total. The van der Waals surface area contributed by atoms with Gasteiger partial charge in [-0.1, -0.05) is 0 Å². The zero-order valence-electron chi connectivity index (χ0n) is 9.68. The molecule has 18 heavy (non-hydrogen) atoms. The maximum atomic E-state index is 13.0. The largest absolute Gasteiger partial charge is 0.466 e. The summed E-state index contributed by atoms with van der Waals surface area (Å²) >= 11 is 5.88. The average molecular weight is 281 g/mol. The molecule has 0 saturated heterocycles. The molecule has 0 amide bonds. The molecule has 1 unspecified atom stereocenters. The summed E-state index contributed by atoms with van der Waals surface area (Å²) in [6.07, 6.45) is 0.188. The van der Waals surface area contributed by atoms with Crippen LogP contribution in [0.15, 0.2) is 12.1 Å². The van der Waals surface area contributed by atoms with Crippen LogP contribution in [0.2, 0.25) is 0 Å². The van der Waals surface area contributed by atoms with E-state index < -0.39 is 28.8 Å². The van der Waals surface area contributed by atoms with Crippen LogP contribution < -0.4 is 0 Å². The lowest BCUT2D eigenvalue weighted by Crippen LogP contribution is -2.05. The van der Waals surface area contributed by atoms with Crippen molar-refractivity contribution in [1.82, 2.24) is 0 Å². The fraction of sp³-hybridized carbons (Fsp3) is 0.417. The highest BCUT2D eigenvalue weighted by Crippen LogP contribution is 2.28. The molecule has 0 bridgehead atoms. The van der Waals surface area contributed by atoms with E-state index in [9.17, 15) is 18.0 Å². The van der Waals surface area contributed by atoms with Crippen LogP contribution in [0, 0.1) is 17.5 Å². The summed E-state index contributed by atoms with van der Waals surface area (Å²) in [5.41, 5.74) is 0.0948. The van der Waals surface area contributed by atoms with E-state index >= 15 is 0 Å². The second kappa shape index (κ2) is 6.64. The molecule has 0 aromatic heterocycles. The normalized spacial score (nSPS) is 12.3. The number of hydrogen-bond acceptors (Lipinski definition) is 2. The number of carbonyl (C=O) groups excluding carboxylic acids is 1. The van der Waals surface area contributed by atoms with Crippen molar-refractivity contribution in [2.75, 3.05) is 6.61 Å². The summed E-state index contributed by atoms with van der Waals surface area (Å²) in [5.74, 6) is -4.57. The van der Waals surface area contributed by atoms with Gasteiger partial charge < -0.3 is 4.74 Å². The second-order valence-corrected chi connectivity index (χ2v) is 4.14. The van der Waals surface area contributed by atoms with Gasteiger partial charge in [0.2, 0.25) is 0 Å². The molecule has 0 aliphatic carbocycles. The highest BCUT2D eigenvalue weighted by Gasteiger charge is 2.17. The predicted octanol–water partition coefficient (Wildman–Crippen LogP) is 3.73. The lowest BCUT2D eigenvalue weighted by Gasteiger charge is -2.10. The molecule has 6 heteroatoms. The Labute approximate surface area is 108 Å². The number of carbonyl (C=O) groups is 1. The Kier molecular flexibility index (Phi) is 5.47. The molecule has 100 valence electrons. The second-order valence-electron chi connectivity index (χ2n) is 3.61. The Morgan fingerprint density at radius 3 is 2.39 bits per heavy atom. The van der Waals surface area contributed by atoms with Gasteiger partial charge in [0.15, 0.2) is 17.5 Å². The lowest BCUT2D eigenvalue weighted by molar-refractivity contribution is -0.143. The Bertz CT molecular complexity index is 414. The molecule has 0 heterocycles. The number of rotatable bonds is 5. The van der Waals surface area contributed by atoms with Crippen molar-refractivity contribution < 1.29 is 22.7 Å². The Morgan fingerprint density at radius 2 is 1.89 bits per heavy atom. The fourth-order valence-electron chi connectivity index (χ4n) is 1.40. The Balaban J connectivity index is 2.67. The highest BCUT2D eigenvalue weighted by atomic mass is 35.5. The molecule has 1 aromatic carbocycles. The fourth-order valence-corrected chi connectivity index (χ4v) is 1.64. The first-order chi connectivity index (χ1) is 8.45. The first-order valence-corrected chi connectivity index (χ1v) is 5.83. The van der Waals surface area contributed by atoms with E-state index in [1.165, 1.54) is 0 Å². The monoisotopic (exact) mass is 280 g/mol. The van der Waals surface area contributed by atoms with Crippen LogP contribution in [0.4, 0.5) is 13.2 Å². The summed E-state index contributed by atoms with van der Waals surface area (Å²) < 4.78 is 43.3.